The summed E-state index contributed by atoms with van der Waals surface area (Å²) in [5.74, 6) is -1.42. The normalized spacial score (nSPS) is 10.5. The molecule has 2 nitrogen and oxygen atoms in total. The predicted octanol–water partition coefficient (Wildman–Crippen LogP) is 3.86. The van der Waals surface area contributed by atoms with Crippen molar-refractivity contribution in [2.45, 2.75) is 9.92 Å². The van der Waals surface area contributed by atoms with Gasteiger partial charge >= 0.3 is 0 Å². The Morgan fingerprint density at radius 2 is 2.00 bits per heavy atom. The number of halogens is 3. The summed E-state index contributed by atoms with van der Waals surface area (Å²) in [5, 5.41) is 0.616. The van der Waals surface area contributed by atoms with Gasteiger partial charge in [-0.25, -0.2) is 13.8 Å². The Morgan fingerprint density at radius 1 is 1.24 bits per heavy atom. The van der Waals surface area contributed by atoms with E-state index in [2.05, 4.69) is 20.9 Å². The van der Waals surface area contributed by atoms with E-state index < -0.39 is 11.6 Å². The minimum absolute atomic E-state index is 0.0684. The first kappa shape index (κ1) is 12.3. The van der Waals surface area contributed by atoms with E-state index in [0.717, 1.165) is 22.3 Å². The molecular formula is C11H7BrF2N2S. The molecule has 0 aliphatic rings. The summed E-state index contributed by atoms with van der Waals surface area (Å²) in [5.41, 5.74) is 5.46. The zero-order valence-corrected chi connectivity index (χ0v) is 10.9. The Bertz CT molecular complexity index is 546. The molecule has 0 saturated carbocycles. The topological polar surface area (TPSA) is 38.9 Å². The first-order valence-electron chi connectivity index (χ1n) is 4.60. The number of nitrogens with two attached hydrogens (primary N) is 1. The van der Waals surface area contributed by atoms with Crippen LogP contribution in [-0.2, 0) is 0 Å². The average molecular weight is 317 g/mol. The Kier molecular flexibility index (Phi) is 3.63. The van der Waals surface area contributed by atoms with Gasteiger partial charge in [0.2, 0.25) is 0 Å². The van der Waals surface area contributed by atoms with Crippen LogP contribution in [0.3, 0.4) is 0 Å². The van der Waals surface area contributed by atoms with Crippen molar-refractivity contribution in [2.24, 2.45) is 0 Å². The molecule has 6 heteroatoms. The molecule has 17 heavy (non-hydrogen) atoms. The largest absolute Gasteiger partial charge is 0.395 e. The third-order valence-electron chi connectivity index (χ3n) is 1.97. The maximum absolute atomic E-state index is 13.2. The molecule has 0 spiro atoms. The van der Waals surface area contributed by atoms with Crippen molar-refractivity contribution in [3.63, 3.8) is 0 Å². The van der Waals surface area contributed by atoms with Gasteiger partial charge in [0.15, 0.2) is 0 Å². The molecule has 2 rings (SSSR count). The lowest BCUT2D eigenvalue weighted by atomic mass is 10.3. The highest BCUT2D eigenvalue weighted by atomic mass is 79.9. The second-order valence-electron chi connectivity index (χ2n) is 3.22. The van der Waals surface area contributed by atoms with Crippen molar-refractivity contribution < 1.29 is 8.78 Å². The van der Waals surface area contributed by atoms with Gasteiger partial charge in [-0.3, -0.25) is 0 Å². The first-order valence-corrected chi connectivity index (χ1v) is 6.21. The zero-order valence-electron chi connectivity index (χ0n) is 8.45. The lowest BCUT2D eigenvalue weighted by Gasteiger charge is -2.06. The molecule has 1 heterocycles. The highest BCUT2D eigenvalue weighted by Gasteiger charge is 2.10. The predicted molar refractivity (Wildman–Crippen MR) is 66.8 cm³/mol. The van der Waals surface area contributed by atoms with Crippen molar-refractivity contribution in [3.8, 4) is 0 Å². The second-order valence-corrected chi connectivity index (χ2v) is 5.19. The quantitative estimate of drug-likeness (QED) is 0.855. The Hall–Kier alpha value is -1.14. The molecule has 88 valence electrons. The van der Waals surface area contributed by atoms with Gasteiger partial charge in [0, 0.05) is 21.6 Å². The fourth-order valence-electron chi connectivity index (χ4n) is 1.18. The van der Waals surface area contributed by atoms with Crippen LogP contribution in [0.25, 0.3) is 0 Å². The van der Waals surface area contributed by atoms with Crippen molar-refractivity contribution >= 4 is 33.4 Å². The minimum Gasteiger partial charge on any atom is -0.395 e. The van der Waals surface area contributed by atoms with Crippen molar-refractivity contribution in [3.05, 3.63) is 46.6 Å². The number of pyridine rings is 1. The van der Waals surface area contributed by atoms with Crippen LogP contribution in [0.1, 0.15) is 0 Å². The van der Waals surface area contributed by atoms with Crippen molar-refractivity contribution in [2.75, 3.05) is 5.73 Å². The monoisotopic (exact) mass is 316 g/mol. The van der Waals surface area contributed by atoms with Gasteiger partial charge in [-0.05, 0) is 34.1 Å². The molecule has 0 aliphatic heterocycles. The van der Waals surface area contributed by atoms with E-state index in [0.29, 0.717) is 9.92 Å². The number of hydrogen-bond donors (Lipinski definition) is 1. The highest BCUT2D eigenvalue weighted by Crippen LogP contribution is 2.33. The number of benzene rings is 1. The van der Waals surface area contributed by atoms with Crippen LogP contribution in [0.5, 0.6) is 0 Å². The number of aromatic nitrogens is 1. The summed E-state index contributed by atoms with van der Waals surface area (Å²) in [6.07, 6.45) is 1.61. The van der Waals surface area contributed by atoms with E-state index in [-0.39, 0.29) is 5.69 Å². The molecule has 0 atom stereocenters. The number of anilines is 1. The van der Waals surface area contributed by atoms with Crippen LogP contribution in [-0.4, -0.2) is 4.98 Å². The van der Waals surface area contributed by atoms with Crippen LogP contribution < -0.4 is 5.73 Å². The molecule has 0 unspecified atom stereocenters. The summed E-state index contributed by atoms with van der Waals surface area (Å²) < 4.78 is 27.1. The average Bonchev–Trinajstić information content (AvgIpc) is 2.28. The van der Waals surface area contributed by atoms with Crippen LogP contribution >= 0.6 is 27.7 Å². The SMILES string of the molecule is Nc1c(F)cc(F)cc1Sc1ccc(Br)cn1. The Morgan fingerprint density at radius 3 is 2.65 bits per heavy atom. The molecule has 0 fully saturated rings. The molecule has 0 bridgehead atoms. The van der Waals surface area contributed by atoms with Gasteiger partial charge in [-0.15, -0.1) is 0 Å². The summed E-state index contributed by atoms with van der Waals surface area (Å²) in [4.78, 5) is 4.41. The minimum atomic E-state index is -0.760. The third-order valence-corrected chi connectivity index (χ3v) is 3.45. The van der Waals surface area contributed by atoms with E-state index in [4.69, 9.17) is 5.73 Å². The van der Waals surface area contributed by atoms with Gasteiger partial charge in [0.25, 0.3) is 0 Å². The lowest BCUT2D eigenvalue weighted by Crippen LogP contribution is -1.95. The molecule has 2 aromatic rings. The summed E-state index contributed by atoms with van der Waals surface area (Å²) in [7, 11) is 0. The second kappa shape index (κ2) is 5.01. The number of nitrogen functional groups attached to an aromatic ring is 1. The maximum atomic E-state index is 13.2. The van der Waals surface area contributed by atoms with E-state index in [1.807, 2.05) is 0 Å². The van der Waals surface area contributed by atoms with E-state index >= 15 is 0 Å². The van der Waals surface area contributed by atoms with E-state index in [1.165, 1.54) is 6.07 Å². The number of hydrogen-bond acceptors (Lipinski definition) is 3. The Balaban J connectivity index is 2.32. The molecular weight excluding hydrogens is 310 g/mol. The third kappa shape index (κ3) is 2.95. The summed E-state index contributed by atoms with van der Waals surface area (Å²) >= 11 is 4.37. The highest BCUT2D eigenvalue weighted by molar-refractivity contribution is 9.10. The van der Waals surface area contributed by atoms with Crippen molar-refractivity contribution in [1.29, 1.82) is 0 Å². The van der Waals surface area contributed by atoms with Gasteiger partial charge in [0.05, 0.1) is 5.69 Å². The zero-order chi connectivity index (χ0) is 12.4. The summed E-state index contributed by atoms with van der Waals surface area (Å²) in [6, 6.07) is 5.47. The molecule has 0 aliphatic carbocycles. The Labute approximate surface area is 109 Å². The molecule has 0 saturated heterocycles. The summed E-state index contributed by atoms with van der Waals surface area (Å²) in [6.45, 7) is 0. The molecule has 0 radical (unpaired) electrons. The van der Waals surface area contributed by atoms with Crippen molar-refractivity contribution in [1.82, 2.24) is 4.98 Å². The molecule has 0 amide bonds. The van der Waals surface area contributed by atoms with Crippen LogP contribution in [0.4, 0.5) is 14.5 Å². The molecule has 2 N–H and O–H groups in total. The van der Waals surface area contributed by atoms with Gasteiger partial charge in [0.1, 0.15) is 16.7 Å². The lowest BCUT2D eigenvalue weighted by molar-refractivity contribution is 0.581. The maximum Gasteiger partial charge on any atom is 0.150 e. The smallest absolute Gasteiger partial charge is 0.150 e. The fourth-order valence-corrected chi connectivity index (χ4v) is 2.26. The first-order chi connectivity index (χ1) is 8.06. The van der Waals surface area contributed by atoms with E-state index in [9.17, 15) is 8.78 Å². The fraction of sp³-hybridized carbons (Fsp3) is 0. The number of rotatable bonds is 2. The molecule has 1 aromatic heterocycles. The van der Waals surface area contributed by atoms with Gasteiger partial charge in [-0.2, -0.15) is 0 Å². The van der Waals surface area contributed by atoms with Gasteiger partial charge in [-0.1, -0.05) is 11.8 Å². The van der Waals surface area contributed by atoms with Crippen LogP contribution in [0.2, 0.25) is 0 Å². The number of nitrogens with zero attached hydrogens (tertiary/aromatic N) is 1. The molecule has 1 aromatic carbocycles. The van der Waals surface area contributed by atoms with Crippen LogP contribution in [0.15, 0.2) is 44.9 Å². The van der Waals surface area contributed by atoms with Gasteiger partial charge < -0.3 is 5.73 Å². The van der Waals surface area contributed by atoms with Crippen LogP contribution in [0, 0.1) is 11.6 Å². The standard InChI is InChI=1S/C11H7BrF2N2S/c12-6-1-2-10(16-5-6)17-9-4-7(13)3-8(14)11(9)15/h1-5H,15H2. The van der Waals surface area contributed by atoms with E-state index in [1.54, 1.807) is 18.3 Å².